The van der Waals surface area contributed by atoms with Gasteiger partial charge in [0.1, 0.15) is 5.69 Å². The van der Waals surface area contributed by atoms with Crippen molar-refractivity contribution in [1.29, 1.82) is 0 Å². The van der Waals surface area contributed by atoms with Crippen molar-refractivity contribution in [1.82, 2.24) is 9.88 Å². The largest absolute Gasteiger partial charge is 0.481 e. The normalized spacial score (nSPS) is 18.2. The minimum absolute atomic E-state index is 0.225. The molecule has 1 fully saturated rings. The van der Waals surface area contributed by atoms with Gasteiger partial charge in [-0.25, -0.2) is 9.78 Å². The van der Waals surface area contributed by atoms with Crippen molar-refractivity contribution in [2.24, 2.45) is 5.92 Å². The number of carboxylic acid groups (broad SMARTS) is 1. The molecule has 0 saturated carbocycles. The van der Waals surface area contributed by atoms with Crippen LogP contribution in [0.3, 0.4) is 0 Å². The quantitative estimate of drug-likeness (QED) is 0.885. The first-order chi connectivity index (χ1) is 10.0. The number of carbonyl (C=O) groups is 2. The van der Waals surface area contributed by atoms with Crippen LogP contribution in [0.5, 0.6) is 5.88 Å². The summed E-state index contributed by atoms with van der Waals surface area (Å²) in [7, 11) is 1.48. The fraction of sp³-hybridized carbons (Fsp3) is 0.500. The van der Waals surface area contributed by atoms with Crippen LogP contribution in [0.1, 0.15) is 18.4 Å². The van der Waals surface area contributed by atoms with E-state index in [-0.39, 0.29) is 12.6 Å². The number of aromatic nitrogens is 1. The molecule has 2 N–H and O–H groups in total. The van der Waals surface area contributed by atoms with E-state index in [0.717, 1.165) is 5.56 Å². The third-order valence-corrected chi connectivity index (χ3v) is 3.48. The molecule has 0 bridgehead atoms. The van der Waals surface area contributed by atoms with Gasteiger partial charge in [0, 0.05) is 19.3 Å². The number of amides is 2. The summed E-state index contributed by atoms with van der Waals surface area (Å²) in [5.74, 6) is -1.02. The van der Waals surface area contributed by atoms with Crippen molar-refractivity contribution in [3.05, 3.63) is 17.8 Å². The van der Waals surface area contributed by atoms with Crippen LogP contribution in [0.25, 0.3) is 0 Å². The highest BCUT2D eigenvalue weighted by Gasteiger charge is 2.28. The minimum atomic E-state index is -0.859. The number of hydrogen-bond donors (Lipinski definition) is 2. The van der Waals surface area contributed by atoms with Crippen LogP contribution in [0, 0.1) is 12.8 Å². The molecule has 1 aromatic rings. The highest BCUT2D eigenvalue weighted by Crippen LogP contribution is 2.23. The molecule has 0 aliphatic carbocycles. The Hall–Kier alpha value is -2.31. The summed E-state index contributed by atoms with van der Waals surface area (Å²) >= 11 is 0. The lowest BCUT2D eigenvalue weighted by Crippen LogP contribution is -2.44. The molecule has 2 heterocycles. The highest BCUT2D eigenvalue weighted by molar-refractivity contribution is 5.91. The van der Waals surface area contributed by atoms with Crippen LogP contribution >= 0.6 is 0 Å². The van der Waals surface area contributed by atoms with Gasteiger partial charge in [0.25, 0.3) is 0 Å². The number of likely N-dealkylation sites (tertiary alicyclic amines) is 1. The molecule has 1 atom stereocenters. The van der Waals surface area contributed by atoms with Gasteiger partial charge in [-0.15, -0.1) is 0 Å². The molecule has 1 aromatic heterocycles. The molecule has 21 heavy (non-hydrogen) atoms. The maximum Gasteiger partial charge on any atom is 0.322 e. The van der Waals surface area contributed by atoms with Gasteiger partial charge in [-0.3, -0.25) is 4.79 Å². The summed E-state index contributed by atoms with van der Waals surface area (Å²) in [6, 6.07) is 1.44. The molecule has 7 heteroatoms. The number of ether oxygens (including phenoxy) is 1. The third kappa shape index (κ3) is 3.62. The van der Waals surface area contributed by atoms with E-state index in [2.05, 4.69) is 10.3 Å². The van der Waals surface area contributed by atoms with E-state index in [1.54, 1.807) is 12.3 Å². The number of methoxy groups -OCH3 is 1. The first kappa shape index (κ1) is 15.1. The Kier molecular flexibility index (Phi) is 4.62. The monoisotopic (exact) mass is 293 g/mol. The molecule has 0 spiro atoms. The Morgan fingerprint density at radius 3 is 2.95 bits per heavy atom. The van der Waals surface area contributed by atoms with Crippen LogP contribution in [-0.4, -0.2) is 47.2 Å². The fourth-order valence-electron chi connectivity index (χ4n) is 2.37. The summed E-state index contributed by atoms with van der Waals surface area (Å²) in [6.07, 6.45) is 2.94. The molecule has 1 aliphatic rings. The lowest BCUT2D eigenvalue weighted by molar-refractivity contribution is -0.143. The lowest BCUT2D eigenvalue weighted by atomic mass is 9.99. The second kappa shape index (κ2) is 6.43. The number of carbonyl (C=O) groups excluding carboxylic acids is 1. The van der Waals surface area contributed by atoms with Crippen LogP contribution < -0.4 is 10.1 Å². The zero-order chi connectivity index (χ0) is 15.4. The van der Waals surface area contributed by atoms with Gasteiger partial charge in [0.15, 0.2) is 0 Å². The molecule has 114 valence electrons. The van der Waals surface area contributed by atoms with E-state index in [4.69, 9.17) is 9.84 Å². The van der Waals surface area contributed by atoms with Crippen LogP contribution in [0.2, 0.25) is 0 Å². The second-order valence-corrected chi connectivity index (χ2v) is 5.12. The van der Waals surface area contributed by atoms with Crippen LogP contribution in [0.15, 0.2) is 12.3 Å². The molecule has 0 radical (unpaired) electrons. The molecule has 1 saturated heterocycles. The predicted octanol–water partition coefficient (Wildman–Crippen LogP) is 1.73. The van der Waals surface area contributed by atoms with Crippen LogP contribution in [0.4, 0.5) is 10.5 Å². The van der Waals surface area contributed by atoms with E-state index in [9.17, 15) is 9.59 Å². The Balaban J connectivity index is 2.07. The molecule has 1 aliphatic heterocycles. The maximum atomic E-state index is 12.3. The Morgan fingerprint density at radius 1 is 1.52 bits per heavy atom. The molecular formula is C14H19N3O4. The van der Waals surface area contributed by atoms with Gasteiger partial charge in [-0.1, -0.05) is 0 Å². The zero-order valence-corrected chi connectivity index (χ0v) is 12.1. The first-order valence-electron chi connectivity index (χ1n) is 6.80. The minimum Gasteiger partial charge on any atom is -0.481 e. The van der Waals surface area contributed by atoms with Crippen molar-refractivity contribution in [2.45, 2.75) is 19.8 Å². The fourth-order valence-corrected chi connectivity index (χ4v) is 2.37. The molecule has 1 unspecified atom stereocenters. The average molecular weight is 293 g/mol. The Labute approximate surface area is 122 Å². The summed E-state index contributed by atoms with van der Waals surface area (Å²) in [4.78, 5) is 28.9. The van der Waals surface area contributed by atoms with Crippen LogP contribution in [-0.2, 0) is 4.79 Å². The number of urea groups is 1. The van der Waals surface area contributed by atoms with Crippen molar-refractivity contribution < 1.29 is 19.4 Å². The van der Waals surface area contributed by atoms with Crippen molar-refractivity contribution in [3.8, 4) is 5.88 Å². The maximum absolute atomic E-state index is 12.3. The number of hydrogen-bond acceptors (Lipinski definition) is 4. The molecule has 7 nitrogen and oxygen atoms in total. The number of pyridine rings is 1. The van der Waals surface area contributed by atoms with E-state index >= 15 is 0 Å². The highest BCUT2D eigenvalue weighted by atomic mass is 16.5. The van der Waals surface area contributed by atoms with Gasteiger partial charge in [-0.2, -0.15) is 0 Å². The van der Waals surface area contributed by atoms with Crippen molar-refractivity contribution in [2.75, 3.05) is 25.5 Å². The zero-order valence-electron chi connectivity index (χ0n) is 12.1. The molecule has 2 rings (SSSR count). The number of carboxylic acids is 1. The Morgan fingerprint density at radius 2 is 2.29 bits per heavy atom. The van der Waals surface area contributed by atoms with Gasteiger partial charge < -0.3 is 20.1 Å². The summed E-state index contributed by atoms with van der Waals surface area (Å²) in [5, 5.41) is 11.8. The van der Waals surface area contributed by atoms with E-state index in [0.29, 0.717) is 31.0 Å². The topological polar surface area (TPSA) is 91.8 Å². The summed E-state index contributed by atoms with van der Waals surface area (Å²) < 4.78 is 5.11. The standard InChI is InChI=1S/C14H19N3O4/c1-9-6-11(12(21-2)15-7-9)16-14(20)17-5-3-4-10(8-17)13(18)19/h6-7,10H,3-5,8H2,1-2H3,(H,16,20)(H,18,19). The number of nitrogens with zero attached hydrogens (tertiary/aromatic N) is 2. The Bertz CT molecular complexity index is 547. The average Bonchev–Trinajstić information content (AvgIpc) is 2.47. The number of piperidine rings is 1. The van der Waals surface area contributed by atoms with E-state index < -0.39 is 11.9 Å². The number of rotatable bonds is 3. The lowest BCUT2D eigenvalue weighted by Gasteiger charge is -2.30. The van der Waals surface area contributed by atoms with E-state index in [1.807, 2.05) is 6.92 Å². The van der Waals surface area contributed by atoms with Gasteiger partial charge in [-0.05, 0) is 31.4 Å². The SMILES string of the molecule is COc1ncc(C)cc1NC(=O)N1CCCC(C(=O)O)C1. The third-order valence-electron chi connectivity index (χ3n) is 3.48. The predicted molar refractivity (Wildman–Crippen MR) is 76.5 cm³/mol. The van der Waals surface area contributed by atoms with Crippen molar-refractivity contribution in [3.63, 3.8) is 0 Å². The first-order valence-corrected chi connectivity index (χ1v) is 6.80. The number of anilines is 1. The molecular weight excluding hydrogens is 274 g/mol. The smallest absolute Gasteiger partial charge is 0.322 e. The van der Waals surface area contributed by atoms with Crippen molar-refractivity contribution >= 4 is 17.7 Å². The number of nitrogens with one attached hydrogen (secondary N) is 1. The van der Waals surface area contributed by atoms with E-state index in [1.165, 1.54) is 12.0 Å². The molecule has 2 amide bonds. The van der Waals surface area contributed by atoms with Gasteiger partial charge in [0.2, 0.25) is 5.88 Å². The summed E-state index contributed by atoms with van der Waals surface area (Å²) in [5.41, 5.74) is 1.38. The van der Waals surface area contributed by atoms with Gasteiger partial charge >= 0.3 is 12.0 Å². The summed E-state index contributed by atoms with van der Waals surface area (Å²) in [6.45, 7) is 2.64. The number of aryl methyl sites for hydroxylation is 1. The number of aliphatic carboxylic acids is 1. The molecule has 0 aromatic carbocycles. The van der Waals surface area contributed by atoms with Gasteiger partial charge in [0.05, 0.1) is 13.0 Å². The second-order valence-electron chi connectivity index (χ2n) is 5.12.